The maximum atomic E-state index is 11.8. The van der Waals surface area contributed by atoms with Crippen molar-refractivity contribution in [3.8, 4) is 0 Å². The zero-order valence-electron chi connectivity index (χ0n) is 10.2. The maximum Gasteiger partial charge on any atom is 0.317 e. The van der Waals surface area contributed by atoms with Crippen molar-refractivity contribution in [2.75, 3.05) is 13.1 Å². The molecule has 0 fully saturated rings. The molecule has 0 saturated carbocycles. The lowest BCUT2D eigenvalue weighted by Crippen LogP contribution is -2.44. The van der Waals surface area contributed by atoms with Crippen molar-refractivity contribution in [3.63, 3.8) is 0 Å². The second-order valence-electron chi connectivity index (χ2n) is 3.86. The van der Waals surface area contributed by atoms with Crippen molar-refractivity contribution in [3.05, 3.63) is 22.4 Å². The molecule has 1 unspecified atom stereocenters. The van der Waals surface area contributed by atoms with Gasteiger partial charge in [0.25, 0.3) is 0 Å². The minimum Gasteiger partial charge on any atom is -0.335 e. The zero-order chi connectivity index (χ0) is 12.0. The van der Waals surface area contributed by atoms with E-state index in [1.165, 1.54) is 5.56 Å². The molecule has 0 radical (unpaired) electrons. The number of carbonyl (C=O) groups is 1. The van der Waals surface area contributed by atoms with Crippen molar-refractivity contribution in [2.24, 2.45) is 0 Å². The standard InChI is InChI=1S/C12H20N2OS/c1-4-14(5-2)12(15)13-10(3)8-11-6-7-16-9-11/h6-7,9-10H,4-5,8H2,1-3H3,(H,13,15). The first-order valence-corrected chi connectivity index (χ1v) is 6.68. The van der Waals surface area contributed by atoms with E-state index >= 15 is 0 Å². The monoisotopic (exact) mass is 240 g/mol. The van der Waals surface area contributed by atoms with E-state index in [4.69, 9.17) is 0 Å². The Bertz CT molecular complexity index is 307. The molecule has 0 spiro atoms. The molecule has 0 aliphatic rings. The maximum absolute atomic E-state index is 11.8. The molecular formula is C12H20N2OS. The highest BCUT2D eigenvalue weighted by atomic mass is 32.1. The van der Waals surface area contributed by atoms with Crippen LogP contribution in [0.25, 0.3) is 0 Å². The van der Waals surface area contributed by atoms with Gasteiger partial charge in [-0.25, -0.2) is 4.79 Å². The van der Waals surface area contributed by atoms with Gasteiger partial charge in [-0.2, -0.15) is 11.3 Å². The summed E-state index contributed by atoms with van der Waals surface area (Å²) in [5, 5.41) is 7.20. The average molecular weight is 240 g/mol. The summed E-state index contributed by atoms with van der Waals surface area (Å²) in [7, 11) is 0. The summed E-state index contributed by atoms with van der Waals surface area (Å²) in [6.45, 7) is 7.54. The molecule has 0 saturated heterocycles. The Hall–Kier alpha value is -1.03. The molecule has 2 amide bonds. The summed E-state index contributed by atoms with van der Waals surface area (Å²) in [5.41, 5.74) is 1.29. The molecule has 0 aromatic carbocycles. The summed E-state index contributed by atoms with van der Waals surface area (Å²) in [6.07, 6.45) is 0.899. The van der Waals surface area contributed by atoms with Gasteiger partial charge in [-0.15, -0.1) is 0 Å². The van der Waals surface area contributed by atoms with Gasteiger partial charge >= 0.3 is 6.03 Å². The number of nitrogens with zero attached hydrogens (tertiary/aromatic N) is 1. The highest BCUT2D eigenvalue weighted by molar-refractivity contribution is 7.07. The average Bonchev–Trinajstić information content (AvgIpc) is 2.71. The molecule has 0 aliphatic heterocycles. The lowest BCUT2D eigenvalue weighted by atomic mass is 10.1. The number of hydrogen-bond donors (Lipinski definition) is 1. The van der Waals surface area contributed by atoms with Crippen LogP contribution in [0.3, 0.4) is 0 Å². The van der Waals surface area contributed by atoms with Crippen molar-refractivity contribution in [1.82, 2.24) is 10.2 Å². The molecule has 1 heterocycles. The Morgan fingerprint density at radius 2 is 2.19 bits per heavy atom. The van der Waals surface area contributed by atoms with Gasteiger partial charge in [0, 0.05) is 19.1 Å². The summed E-state index contributed by atoms with van der Waals surface area (Å²) in [6, 6.07) is 2.32. The van der Waals surface area contributed by atoms with Gasteiger partial charge in [-0.3, -0.25) is 0 Å². The second-order valence-corrected chi connectivity index (χ2v) is 4.64. The van der Waals surface area contributed by atoms with Crippen LogP contribution in [0.5, 0.6) is 0 Å². The molecule has 1 aromatic rings. The fourth-order valence-corrected chi connectivity index (χ4v) is 2.31. The predicted octanol–water partition coefficient (Wildman–Crippen LogP) is 2.73. The van der Waals surface area contributed by atoms with Crippen LogP contribution in [0.15, 0.2) is 16.8 Å². The molecule has 0 aliphatic carbocycles. The van der Waals surface area contributed by atoms with E-state index in [9.17, 15) is 4.79 Å². The molecule has 1 N–H and O–H groups in total. The van der Waals surface area contributed by atoms with Gasteiger partial charge < -0.3 is 10.2 Å². The van der Waals surface area contributed by atoms with Crippen LogP contribution in [-0.2, 0) is 6.42 Å². The smallest absolute Gasteiger partial charge is 0.317 e. The molecule has 3 nitrogen and oxygen atoms in total. The van der Waals surface area contributed by atoms with E-state index in [1.807, 2.05) is 20.8 Å². The van der Waals surface area contributed by atoms with E-state index in [2.05, 4.69) is 22.1 Å². The van der Waals surface area contributed by atoms with Crippen molar-refractivity contribution in [1.29, 1.82) is 0 Å². The third-order valence-electron chi connectivity index (χ3n) is 2.54. The molecule has 16 heavy (non-hydrogen) atoms. The van der Waals surface area contributed by atoms with Gasteiger partial charge in [0.1, 0.15) is 0 Å². The SMILES string of the molecule is CCN(CC)C(=O)NC(C)Cc1ccsc1. The van der Waals surface area contributed by atoms with Gasteiger partial charge in [0.15, 0.2) is 0 Å². The molecular weight excluding hydrogens is 220 g/mol. The van der Waals surface area contributed by atoms with E-state index in [-0.39, 0.29) is 12.1 Å². The summed E-state index contributed by atoms with van der Waals surface area (Å²) in [5.74, 6) is 0. The predicted molar refractivity (Wildman–Crippen MR) is 68.9 cm³/mol. The van der Waals surface area contributed by atoms with Crippen molar-refractivity contribution < 1.29 is 4.79 Å². The molecule has 1 aromatic heterocycles. The third kappa shape index (κ3) is 3.85. The minimum atomic E-state index is 0.0349. The highest BCUT2D eigenvalue weighted by Crippen LogP contribution is 2.08. The third-order valence-corrected chi connectivity index (χ3v) is 3.27. The Balaban J connectivity index is 2.39. The van der Waals surface area contributed by atoms with Gasteiger partial charge in [-0.05, 0) is 49.6 Å². The van der Waals surface area contributed by atoms with Crippen LogP contribution in [0, 0.1) is 0 Å². The number of hydrogen-bond acceptors (Lipinski definition) is 2. The van der Waals surface area contributed by atoms with Crippen LogP contribution in [-0.4, -0.2) is 30.1 Å². The first-order chi connectivity index (χ1) is 7.67. The van der Waals surface area contributed by atoms with Gasteiger partial charge in [-0.1, -0.05) is 0 Å². The Morgan fingerprint density at radius 3 is 2.69 bits per heavy atom. The van der Waals surface area contributed by atoms with E-state index in [1.54, 1.807) is 16.2 Å². The second kappa shape index (κ2) is 6.53. The summed E-state index contributed by atoms with van der Waals surface area (Å²) >= 11 is 1.69. The molecule has 0 bridgehead atoms. The first kappa shape index (κ1) is 13.0. The molecule has 90 valence electrons. The Labute approximate surface area is 101 Å². The highest BCUT2D eigenvalue weighted by Gasteiger charge is 2.12. The van der Waals surface area contributed by atoms with Crippen LogP contribution < -0.4 is 5.32 Å². The van der Waals surface area contributed by atoms with Gasteiger partial charge in [0.2, 0.25) is 0 Å². The van der Waals surface area contributed by atoms with E-state index in [0.717, 1.165) is 19.5 Å². The quantitative estimate of drug-likeness (QED) is 0.843. The van der Waals surface area contributed by atoms with Crippen molar-refractivity contribution in [2.45, 2.75) is 33.2 Å². The minimum absolute atomic E-state index is 0.0349. The van der Waals surface area contributed by atoms with Crippen LogP contribution in [0.2, 0.25) is 0 Å². The lowest BCUT2D eigenvalue weighted by Gasteiger charge is -2.22. The lowest BCUT2D eigenvalue weighted by molar-refractivity contribution is 0.200. The zero-order valence-corrected chi connectivity index (χ0v) is 11.0. The van der Waals surface area contributed by atoms with Crippen LogP contribution in [0.1, 0.15) is 26.3 Å². The van der Waals surface area contributed by atoms with Crippen LogP contribution >= 0.6 is 11.3 Å². The number of thiophene rings is 1. The Morgan fingerprint density at radius 1 is 1.50 bits per heavy atom. The van der Waals surface area contributed by atoms with E-state index < -0.39 is 0 Å². The van der Waals surface area contributed by atoms with Gasteiger partial charge in [0.05, 0.1) is 0 Å². The molecule has 4 heteroatoms. The number of rotatable bonds is 5. The molecule has 1 rings (SSSR count). The topological polar surface area (TPSA) is 32.3 Å². The molecule has 1 atom stereocenters. The van der Waals surface area contributed by atoms with E-state index in [0.29, 0.717) is 0 Å². The largest absolute Gasteiger partial charge is 0.335 e. The van der Waals surface area contributed by atoms with Crippen molar-refractivity contribution >= 4 is 17.4 Å². The number of nitrogens with one attached hydrogen (secondary N) is 1. The first-order valence-electron chi connectivity index (χ1n) is 5.73. The summed E-state index contributed by atoms with van der Waals surface area (Å²) in [4.78, 5) is 13.6. The fraction of sp³-hybridized carbons (Fsp3) is 0.583. The fourth-order valence-electron chi connectivity index (χ4n) is 1.63. The Kier molecular flexibility index (Phi) is 5.32. The normalized spacial score (nSPS) is 12.2. The summed E-state index contributed by atoms with van der Waals surface area (Å²) < 4.78 is 0. The van der Waals surface area contributed by atoms with Crippen LogP contribution in [0.4, 0.5) is 4.79 Å². The number of urea groups is 1. The number of amides is 2. The number of carbonyl (C=O) groups excluding carboxylic acids is 1.